The van der Waals surface area contributed by atoms with Crippen molar-refractivity contribution in [3.05, 3.63) is 42.5 Å². The number of nitrogens with one attached hydrogen (secondary N) is 2. The third-order valence-corrected chi connectivity index (χ3v) is 4.99. The summed E-state index contributed by atoms with van der Waals surface area (Å²) in [6.45, 7) is 1.02. The molecule has 0 aliphatic rings. The van der Waals surface area contributed by atoms with Gasteiger partial charge in [0, 0.05) is 6.54 Å². The normalized spacial score (nSPS) is 14.0. The fraction of sp³-hybridized carbons (Fsp3) is 0.250. The van der Waals surface area contributed by atoms with Crippen molar-refractivity contribution in [1.82, 2.24) is 10.0 Å². The van der Waals surface area contributed by atoms with Crippen LogP contribution in [-0.2, 0) is 19.6 Å². The minimum atomic E-state index is -4.08. The highest BCUT2D eigenvalue weighted by atomic mass is 32.2. The predicted octanol–water partition coefficient (Wildman–Crippen LogP) is 0.0347. The standard InChI is InChI=1S/C16H19N3O5S/c1-10(17)15(20)18-9-14(16(21)22)19-25(23,24)13-7-6-11-4-2-3-5-12(11)8-13/h2-8,10,14,19H,9,17H2,1H3,(H,18,20)(H,21,22). The van der Waals surface area contributed by atoms with Gasteiger partial charge in [0.05, 0.1) is 10.9 Å². The average molecular weight is 365 g/mol. The Morgan fingerprint density at radius 2 is 1.80 bits per heavy atom. The largest absolute Gasteiger partial charge is 0.480 e. The summed E-state index contributed by atoms with van der Waals surface area (Å²) >= 11 is 0. The summed E-state index contributed by atoms with van der Waals surface area (Å²) in [6.07, 6.45) is 0. The molecule has 0 saturated heterocycles. The average Bonchev–Trinajstić information content (AvgIpc) is 2.57. The lowest BCUT2D eigenvalue weighted by Crippen LogP contribution is -2.50. The molecule has 0 heterocycles. The number of benzene rings is 2. The molecule has 8 nitrogen and oxygen atoms in total. The van der Waals surface area contributed by atoms with E-state index in [-0.39, 0.29) is 4.90 Å². The van der Waals surface area contributed by atoms with Gasteiger partial charge in [-0.3, -0.25) is 9.59 Å². The highest BCUT2D eigenvalue weighted by Gasteiger charge is 2.26. The molecule has 0 fully saturated rings. The van der Waals surface area contributed by atoms with E-state index in [1.54, 1.807) is 18.2 Å². The van der Waals surface area contributed by atoms with E-state index in [2.05, 4.69) is 10.0 Å². The molecule has 2 aromatic rings. The van der Waals surface area contributed by atoms with Crippen LogP contribution in [0.3, 0.4) is 0 Å². The summed E-state index contributed by atoms with van der Waals surface area (Å²) in [5.41, 5.74) is 5.37. The van der Waals surface area contributed by atoms with E-state index in [9.17, 15) is 23.1 Å². The SMILES string of the molecule is CC(N)C(=O)NCC(NS(=O)(=O)c1ccc2ccccc2c1)C(=O)O. The number of rotatable bonds is 7. The summed E-state index contributed by atoms with van der Waals surface area (Å²) < 4.78 is 27.0. The first kappa shape index (κ1) is 18.8. The van der Waals surface area contributed by atoms with Crippen LogP contribution in [0.4, 0.5) is 0 Å². The molecule has 0 aliphatic carbocycles. The van der Waals surface area contributed by atoms with E-state index >= 15 is 0 Å². The Morgan fingerprint density at radius 3 is 2.40 bits per heavy atom. The number of amides is 1. The highest BCUT2D eigenvalue weighted by Crippen LogP contribution is 2.19. The van der Waals surface area contributed by atoms with Gasteiger partial charge in [-0.25, -0.2) is 8.42 Å². The summed E-state index contributed by atoms with van der Waals surface area (Å²) in [5, 5.41) is 13.1. The highest BCUT2D eigenvalue weighted by molar-refractivity contribution is 7.89. The van der Waals surface area contributed by atoms with Crippen LogP contribution in [0, 0.1) is 0 Å². The number of carboxylic acids is 1. The monoisotopic (exact) mass is 365 g/mol. The van der Waals surface area contributed by atoms with Gasteiger partial charge in [-0.15, -0.1) is 0 Å². The number of hydrogen-bond donors (Lipinski definition) is 4. The van der Waals surface area contributed by atoms with Crippen LogP contribution in [0.15, 0.2) is 47.4 Å². The number of sulfonamides is 1. The van der Waals surface area contributed by atoms with Crippen molar-refractivity contribution >= 4 is 32.7 Å². The minimum absolute atomic E-state index is 0.0593. The molecule has 0 radical (unpaired) electrons. The molecule has 25 heavy (non-hydrogen) atoms. The Bertz CT molecular complexity index is 896. The Balaban J connectivity index is 2.20. The number of carbonyl (C=O) groups is 2. The molecule has 2 aromatic carbocycles. The third-order valence-electron chi connectivity index (χ3n) is 3.52. The van der Waals surface area contributed by atoms with E-state index < -0.39 is 40.5 Å². The van der Waals surface area contributed by atoms with Crippen molar-refractivity contribution in [2.24, 2.45) is 5.73 Å². The van der Waals surface area contributed by atoms with Crippen LogP contribution >= 0.6 is 0 Å². The van der Waals surface area contributed by atoms with E-state index in [1.807, 2.05) is 12.1 Å². The van der Waals surface area contributed by atoms with Gasteiger partial charge in [-0.2, -0.15) is 4.72 Å². The molecule has 2 unspecified atom stereocenters. The van der Waals surface area contributed by atoms with Crippen molar-refractivity contribution in [3.8, 4) is 0 Å². The second-order valence-corrected chi connectivity index (χ2v) is 7.27. The van der Waals surface area contributed by atoms with Crippen LogP contribution in [0.5, 0.6) is 0 Å². The minimum Gasteiger partial charge on any atom is -0.480 e. The molecule has 5 N–H and O–H groups in total. The van der Waals surface area contributed by atoms with Gasteiger partial charge in [-0.1, -0.05) is 30.3 Å². The zero-order chi connectivity index (χ0) is 18.6. The van der Waals surface area contributed by atoms with Gasteiger partial charge in [0.2, 0.25) is 15.9 Å². The molecule has 134 valence electrons. The predicted molar refractivity (Wildman–Crippen MR) is 92.4 cm³/mol. The molecule has 0 aliphatic heterocycles. The Hall–Kier alpha value is -2.49. The lowest BCUT2D eigenvalue weighted by atomic mass is 10.1. The van der Waals surface area contributed by atoms with Crippen LogP contribution in [0.2, 0.25) is 0 Å². The fourth-order valence-corrected chi connectivity index (χ4v) is 3.36. The first-order chi connectivity index (χ1) is 11.7. The van der Waals surface area contributed by atoms with Gasteiger partial charge in [0.25, 0.3) is 0 Å². The lowest BCUT2D eigenvalue weighted by Gasteiger charge is -2.16. The van der Waals surface area contributed by atoms with Gasteiger partial charge >= 0.3 is 5.97 Å². The third kappa shape index (κ3) is 4.75. The molecular formula is C16H19N3O5S. The van der Waals surface area contributed by atoms with E-state index in [4.69, 9.17) is 5.73 Å². The fourth-order valence-electron chi connectivity index (χ4n) is 2.13. The van der Waals surface area contributed by atoms with E-state index in [0.717, 1.165) is 5.39 Å². The van der Waals surface area contributed by atoms with Gasteiger partial charge < -0.3 is 16.2 Å². The topological polar surface area (TPSA) is 139 Å². The molecule has 2 atom stereocenters. The summed E-state index contributed by atoms with van der Waals surface area (Å²) in [5.74, 6) is -1.98. The molecule has 1 amide bonds. The maximum atomic E-state index is 12.5. The summed E-state index contributed by atoms with van der Waals surface area (Å²) in [4.78, 5) is 22.7. The second-order valence-electron chi connectivity index (χ2n) is 5.55. The number of fused-ring (bicyclic) bond motifs is 1. The summed E-state index contributed by atoms with van der Waals surface area (Å²) in [7, 11) is -4.08. The lowest BCUT2D eigenvalue weighted by molar-refractivity contribution is -0.138. The zero-order valence-corrected chi connectivity index (χ0v) is 14.3. The number of carbonyl (C=O) groups excluding carboxylic acids is 1. The molecule has 2 rings (SSSR count). The number of nitrogens with two attached hydrogens (primary N) is 1. The molecular weight excluding hydrogens is 346 g/mol. The first-order valence-corrected chi connectivity index (χ1v) is 8.96. The van der Waals surface area contributed by atoms with Crippen molar-refractivity contribution in [3.63, 3.8) is 0 Å². The zero-order valence-electron chi connectivity index (χ0n) is 13.5. The van der Waals surface area contributed by atoms with Crippen molar-refractivity contribution in [2.45, 2.75) is 23.9 Å². The smallest absolute Gasteiger partial charge is 0.323 e. The van der Waals surface area contributed by atoms with E-state index in [0.29, 0.717) is 5.39 Å². The Labute approximate surface area is 145 Å². The van der Waals surface area contributed by atoms with Crippen LogP contribution in [0.1, 0.15) is 6.92 Å². The van der Waals surface area contributed by atoms with Gasteiger partial charge in [0.1, 0.15) is 6.04 Å². The molecule has 9 heteroatoms. The van der Waals surface area contributed by atoms with Crippen LogP contribution in [-0.4, -0.2) is 44.0 Å². The van der Waals surface area contributed by atoms with Crippen molar-refractivity contribution in [2.75, 3.05) is 6.54 Å². The van der Waals surface area contributed by atoms with Crippen LogP contribution in [0.25, 0.3) is 10.8 Å². The van der Waals surface area contributed by atoms with E-state index in [1.165, 1.54) is 19.1 Å². The van der Waals surface area contributed by atoms with Gasteiger partial charge in [-0.05, 0) is 29.8 Å². The number of carboxylic acid groups (broad SMARTS) is 1. The number of hydrogen-bond acceptors (Lipinski definition) is 5. The molecule has 0 aromatic heterocycles. The molecule has 0 saturated carbocycles. The first-order valence-electron chi connectivity index (χ1n) is 7.48. The maximum absolute atomic E-state index is 12.5. The van der Waals surface area contributed by atoms with Crippen molar-refractivity contribution < 1.29 is 23.1 Å². The second kappa shape index (κ2) is 7.60. The quantitative estimate of drug-likeness (QED) is 0.546. The van der Waals surface area contributed by atoms with Crippen molar-refractivity contribution in [1.29, 1.82) is 0 Å². The molecule has 0 spiro atoms. The molecule has 0 bridgehead atoms. The van der Waals surface area contributed by atoms with Crippen LogP contribution < -0.4 is 15.8 Å². The maximum Gasteiger partial charge on any atom is 0.323 e. The summed E-state index contributed by atoms with van der Waals surface area (Å²) in [6, 6.07) is 9.34. The van der Waals surface area contributed by atoms with Gasteiger partial charge in [0.15, 0.2) is 0 Å². The number of aliphatic carboxylic acids is 1. The Kier molecular flexibility index (Phi) is 5.73. The Morgan fingerprint density at radius 1 is 1.16 bits per heavy atom.